The molecule has 4 atom stereocenters. The van der Waals surface area contributed by atoms with E-state index >= 15 is 0 Å². The number of hydrogen-bond acceptors (Lipinski definition) is 9. The Morgan fingerprint density at radius 2 is 1.76 bits per heavy atom. The molecule has 2 heterocycles. The van der Waals surface area contributed by atoms with E-state index in [2.05, 4.69) is 0 Å². The van der Waals surface area contributed by atoms with Crippen LogP contribution in [0.3, 0.4) is 0 Å². The van der Waals surface area contributed by atoms with Gasteiger partial charge in [0.1, 0.15) is 52.8 Å². The summed E-state index contributed by atoms with van der Waals surface area (Å²) >= 11 is 0. The van der Waals surface area contributed by atoms with Crippen LogP contribution in [0.1, 0.15) is 0 Å². The monoisotopic (exact) mass is 402 g/mol. The van der Waals surface area contributed by atoms with Crippen LogP contribution >= 0.6 is 0 Å². The molecule has 1 aliphatic rings. The third kappa shape index (κ3) is 3.40. The van der Waals surface area contributed by atoms with Gasteiger partial charge in [-0.2, -0.15) is 0 Å². The van der Waals surface area contributed by atoms with Crippen molar-refractivity contribution < 1.29 is 39.4 Å². The standard InChI is InChI=1S/C20H18O9/c21-7-15-18(25)19(26)20(29-15)28-11-3-1-9(2-4-11)12-8-27-14-6-10(22)5-13(23)16(14)17(12)24/h1-6,8,15,18-23,25-26H,7H2/t15-,18-,19-,20-/m0/s1. The van der Waals surface area contributed by atoms with Crippen molar-refractivity contribution in [2.45, 2.75) is 24.6 Å². The molecule has 0 spiro atoms. The van der Waals surface area contributed by atoms with E-state index in [0.717, 1.165) is 6.07 Å². The smallest absolute Gasteiger partial charge is 0.229 e. The molecule has 9 heteroatoms. The van der Waals surface area contributed by atoms with Crippen molar-refractivity contribution in [3.8, 4) is 28.4 Å². The summed E-state index contributed by atoms with van der Waals surface area (Å²) in [6, 6.07) is 8.51. The summed E-state index contributed by atoms with van der Waals surface area (Å²) in [5.41, 5.74) is 0.265. The molecule has 0 bridgehead atoms. The fourth-order valence-electron chi connectivity index (χ4n) is 3.23. The number of aromatic hydroxyl groups is 2. The van der Waals surface area contributed by atoms with E-state index in [1.54, 1.807) is 12.1 Å². The maximum atomic E-state index is 12.7. The van der Waals surface area contributed by atoms with Gasteiger partial charge in [-0.3, -0.25) is 4.79 Å². The van der Waals surface area contributed by atoms with E-state index in [-0.39, 0.29) is 28.0 Å². The first-order valence-electron chi connectivity index (χ1n) is 8.76. The lowest BCUT2D eigenvalue weighted by Gasteiger charge is -2.17. The molecule has 0 saturated carbocycles. The molecule has 2 aromatic carbocycles. The maximum absolute atomic E-state index is 12.7. The fraction of sp³-hybridized carbons (Fsp3) is 0.250. The Hall–Kier alpha value is -3.11. The molecule has 0 aliphatic carbocycles. The van der Waals surface area contributed by atoms with E-state index in [1.807, 2.05) is 0 Å². The van der Waals surface area contributed by atoms with Crippen molar-refractivity contribution in [2.24, 2.45) is 0 Å². The molecular formula is C20H18O9. The van der Waals surface area contributed by atoms with Crippen molar-refractivity contribution in [2.75, 3.05) is 6.61 Å². The van der Waals surface area contributed by atoms with Crippen LogP contribution in [-0.4, -0.2) is 56.7 Å². The molecule has 0 amide bonds. The van der Waals surface area contributed by atoms with Crippen molar-refractivity contribution >= 4 is 11.0 Å². The molecule has 1 aromatic heterocycles. The van der Waals surface area contributed by atoms with E-state index < -0.39 is 36.6 Å². The summed E-state index contributed by atoms with van der Waals surface area (Å²) in [7, 11) is 0. The van der Waals surface area contributed by atoms with Gasteiger partial charge in [0.15, 0.2) is 0 Å². The highest BCUT2D eigenvalue weighted by molar-refractivity contribution is 5.88. The van der Waals surface area contributed by atoms with Crippen LogP contribution in [0, 0.1) is 0 Å². The molecule has 9 nitrogen and oxygen atoms in total. The minimum absolute atomic E-state index is 0.0489. The Morgan fingerprint density at radius 3 is 2.41 bits per heavy atom. The van der Waals surface area contributed by atoms with E-state index in [9.17, 15) is 25.2 Å². The SMILES string of the molecule is O=c1c(-c2ccc(O[C@H]3O[C@@H](CO)[C@H](O)[C@@H]3O)cc2)coc2cc(O)cc(O)c12. The van der Waals surface area contributed by atoms with Gasteiger partial charge in [-0.25, -0.2) is 0 Å². The van der Waals surface area contributed by atoms with Gasteiger partial charge in [-0.05, 0) is 17.7 Å². The molecule has 152 valence electrons. The molecule has 1 fully saturated rings. The van der Waals surface area contributed by atoms with Crippen molar-refractivity contribution in [1.82, 2.24) is 0 Å². The number of ether oxygens (including phenoxy) is 2. The van der Waals surface area contributed by atoms with E-state index in [4.69, 9.17) is 19.0 Å². The molecule has 1 saturated heterocycles. The summed E-state index contributed by atoms with van der Waals surface area (Å²) in [5, 5.41) is 48.2. The topological polar surface area (TPSA) is 150 Å². The zero-order valence-corrected chi connectivity index (χ0v) is 14.9. The zero-order chi connectivity index (χ0) is 20.7. The molecule has 29 heavy (non-hydrogen) atoms. The Bertz CT molecular complexity index is 1090. The Balaban J connectivity index is 1.60. The van der Waals surface area contributed by atoms with Gasteiger partial charge < -0.3 is 39.4 Å². The molecule has 5 N–H and O–H groups in total. The van der Waals surface area contributed by atoms with Gasteiger partial charge in [0.05, 0.1) is 12.2 Å². The van der Waals surface area contributed by atoms with E-state index in [0.29, 0.717) is 11.3 Å². The Kier molecular flexibility index (Phi) is 4.89. The van der Waals surface area contributed by atoms with Crippen molar-refractivity contribution in [1.29, 1.82) is 0 Å². The minimum Gasteiger partial charge on any atom is -0.508 e. The number of hydrogen-bond donors (Lipinski definition) is 5. The molecule has 0 radical (unpaired) electrons. The largest absolute Gasteiger partial charge is 0.508 e. The number of phenols is 2. The zero-order valence-electron chi connectivity index (χ0n) is 14.9. The summed E-state index contributed by atoms with van der Waals surface area (Å²) in [5.74, 6) is -0.307. The van der Waals surface area contributed by atoms with Crippen LogP contribution in [-0.2, 0) is 4.74 Å². The lowest BCUT2D eigenvalue weighted by atomic mass is 10.0. The summed E-state index contributed by atoms with van der Waals surface area (Å²) in [4.78, 5) is 12.7. The van der Waals surface area contributed by atoms with Crippen LogP contribution in [0.5, 0.6) is 17.2 Å². The van der Waals surface area contributed by atoms with Crippen LogP contribution in [0.4, 0.5) is 0 Å². The quantitative estimate of drug-likeness (QED) is 0.425. The fourth-order valence-corrected chi connectivity index (χ4v) is 3.23. The molecular weight excluding hydrogens is 384 g/mol. The predicted octanol–water partition coefficient (Wildman–Crippen LogP) is 0.689. The van der Waals surface area contributed by atoms with Crippen LogP contribution in [0.15, 0.2) is 51.9 Å². The second-order valence-corrected chi connectivity index (χ2v) is 6.67. The third-order valence-electron chi connectivity index (χ3n) is 4.76. The Labute approximate surface area is 163 Å². The molecule has 4 rings (SSSR count). The number of aliphatic hydroxyl groups is 3. The first-order chi connectivity index (χ1) is 13.9. The normalized spacial score (nSPS) is 24.1. The van der Waals surface area contributed by atoms with Gasteiger partial charge >= 0.3 is 0 Å². The van der Waals surface area contributed by atoms with Gasteiger partial charge in [-0.15, -0.1) is 0 Å². The predicted molar refractivity (Wildman–Crippen MR) is 99.6 cm³/mol. The van der Waals surface area contributed by atoms with Gasteiger partial charge in [0.25, 0.3) is 0 Å². The Morgan fingerprint density at radius 1 is 1.03 bits per heavy atom. The number of phenolic OH excluding ortho intramolecular Hbond substituents is 2. The molecule has 3 aromatic rings. The number of benzene rings is 2. The summed E-state index contributed by atoms with van der Waals surface area (Å²) < 4.78 is 16.1. The average Bonchev–Trinajstić information content (AvgIpc) is 2.96. The minimum atomic E-state index is -1.32. The number of fused-ring (bicyclic) bond motifs is 1. The van der Waals surface area contributed by atoms with Gasteiger partial charge in [-0.1, -0.05) is 12.1 Å². The highest BCUT2D eigenvalue weighted by Gasteiger charge is 2.43. The van der Waals surface area contributed by atoms with Crippen LogP contribution in [0.25, 0.3) is 22.1 Å². The number of rotatable bonds is 4. The highest BCUT2D eigenvalue weighted by Crippen LogP contribution is 2.30. The molecule has 1 aliphatic heterocycles. The molecule has 0 unspecified atom stereocenters. The van der Waals surface area contributed by atoms with Crippen LogP contribution in [0.2, 0.25) is 0 Å². The summed E-state index contributed by atoms with van der Waals surface area (Å²) in [6.07, 6.45) is -3.45. The van der Waals surface area contributed by atoms with Crippen LogP contribution < -0.4 is 10.2 Å². The lowest BCUT2D eigenvalue weighted by molar-refractivity contribution is -0.116. The van der Waals surface area contributed by atoms with Gasteiger partial charge in [0, 0.05) is 12.1 Å². The third-order valence-corrected chi connectivity index (χ3v) is 4.76. The second-order valence-electron chi connectivity index (χ2n) is 6.67. The van der Waals surface area contributed by atoms with Gasteiger partial charge in [0.2, 0.25) is 11.7 Å². The number of aliphatic hydroxyl groups excluding tert-OH is 3. The van der Waals surface area contributed by atoms with Crippen molar-refractivity contribution in [3.05, 3.63) is 52.9 Å². The average molecular weight is 402 g/mol. The second kappa shape index (κ2) is 7.37. The first-order valence-corrected chi connectivity index (χ1v) is 8.76. The van der Waals surface area contributed by atoms with Crippen molar-refractivity contribution in [3.63, 3.8) is 0 Å². The first kappa shape index (κ1) is 19.2. The van der Waals surface area contributed by atoms with E-state index in [1.165, 1.54) is 24.5 Å². The lowest BCUT2D eigenvalue weighted by Crippen LogP contribution is -2.35. The maximum Gasteiger partial charge on any atom is 0.229 e. The highest BCUT2D eigenvalue weighted by atomic mass is 16.7. The summed E-state index contributed by atoms with van der Waals surface area (Å²) in [6.45, 7) is -0.459.